The molecule has 0 heteroatoms. The molecule has 28 saturated carbocycles. The van der Waals surface area contributed by atoms with Crippen LogP contribution in [0.2, 0.25) is 0 Å². The average Bonchev–Trinajstić information content (AvgIpc) is 1.70. The van der Waals surface area contributed by atoms with Gasteiger partial charge in [-0.05, 0) is 290 Å². The molecule has 0 N–H and O–H groups in total. The first-order valence-corrected chi connectivity index (χ1v) is 48.3. The summed E-state index contributed by atoms with van der Waals surface area (Å²) in [4.78, 5) is 0. The zero-order valence-corrected chi connectivity index (χ0v) is 66.3. The van der Waals surface area contributed by atoms with E-state index in [1.807, 2.05) is 0 Å². The van der Waals surface area contributed by atoms with Gasteiger partial charge in [0.15, 0.2) is 0 Å². The number of hydrogen-bond donors (Lipinski definition) is 0. The molecule has 0 aliphatic heterocycles. The highest BCUT2D eigenvalue weighted by Gasteiger charge is 2.43. The third kappa shape index (κ3) is 25.0. The van der Waals surface area contributed by atoms with Gasteiger partial charge in [0.25, 0.3) is 0 Å². The zero-order valence-electron chi connectivity index (χ0n) is 66.3. The second-order valence-electron chi connectivity index (χ2n) is 42.7. The molecule has 6 unspecified atom stereocenters. The molecule has 28 aliphatic rings. The molecule has 28 rings (SSSR count). The molecule has 0 amide bonds. The van der Waals surface area contributed by atoms with Crippen molar-refractivity contribution in [3.63, 3.8) is 0 Å². The fourth-order valence-corrected chi connectivity index (χ4v) is 27.8. The molecule has 28 fully saturated rings. The smallest absolute Gasteiger partial charge is 0.0297 e. The monoisotopic (exact) mass is 1350 g/mol. The van der Waals surface area contributed by atoms with Crippen LogP contribution in [0.15, 0.2) is 0 Å². The molecule has 0 heterocycles. The summed E-state index contributed by atoms with van der Waals surface area (Å²) in [6.45, 7) is 0. The number of rotatable bonds is 0. The maximum Gasteiger partial charge on any atom is -0.0297 e. The zero-order chi connectivity index (χ0) is 66.3. The van der Waals surface area contributed by atoms with Gasteiger partial charge in [-0.15, -0.1) is 0 Å². The topological polar surface area (TPSA) is 0 Å². The van der Waals surface area contributed by atoms with Crippen LogP contribution in [0.4, 0.5) is 0 Å². The van der Waals surface area contributed by atoms with E-state index in [1.54, 1.807) is 334 Å². The molecule has 0 nitrogen and oxygen atoms in total. The lowest BCUT2D eigenvalue weighted by Gasteiger charge is -2.49. The first kappa shape index (κ1) is 76.2. The van der Waals surface area contributed by atoms with Crippen LogP contribution in [-0.2, 0) is 0 Å². The van der Waals surface area contributed by atoms with Gasteiger partial charge in [0.1, 0.15) is 0 Å². The maximum atomic E-state index is 1.58. The van der Waals surface area contributed by atoms with Crippen molar-refractivity contribution in [2.45, 2.75) is 494 Å². The number of hydrogen-bond acceptors (Lipinski definition) is 0. The molecule has 98 heavy (non-hydrogen) atoms. The minimum atomic E-state index is 0.858. The van der Waals surface area contributed by atoms with Crippen molar-refractivity contribution in [1.29, 1.82) is 0 Å². The summed E-state index contributed by atoms with van der Waals surface area (Å²) in [6, 6.07) is 0. The van der Waals surface area contributed by atoms with Crippen LogP contribution in [-0.4, -0.2) is 0 Å². The Kier molecular flexibility index (Phi) is 31.3. The first-order chi connectivity index (χ1) is 48.3. The molecule has 564 valence electrons. The van der Waals surface area contributed by atoms with Gasteiger partial charge in [0.05, 0.1) is 0 Å². The second-order valence-corrected chi connectivity index (χ2v) is 42.7. The van der Waals surface area contributed by atoms with Crippen molar-refractivity contribution in [3.8, 4) is 0 Å². The Morgan fingerprint density at radius 2 is 0.214 bits per heavy atom. The van der Waals surface area contributed by atoms with Crippen molar-refractivity contribution in [2.24, 2.45) is 123 Å². The van der Waals surface area contributed by atoms with E-state index in [9.17, 15) is 0 Å². The molecule has 18 bridgehead atoms. The fourth-order valence-electron chi connectivity index (χ4n) is 27.8. The van der Waals surface area contributed by atoms with Crippen molar-refractivity contribution in [2.75, 3.05) is 0 Å². The molecule has 0 aromatic rings. The third-order valence-corrected chi connectivity index (χ3v) is 35.1. The highest BCUT2D eigenvalue weighted by Crippen LogP contribution is 2.57. The van der Waals surface area contributed by atoms with Crippen LogP contribution >= 0.6 is 0 Å². The second kappa shape index (κ2) is 40.3. The van der Waals surface area contributed by atoms with Crippen LogP contribution in [0, 0.1) is 123 Å². The molecule has 0 saturated heterocycles. The van der Waals surface area contributed by atoms with Crippen LogP contribution in [0.1, 0.15) is 494 Å². The fraction of sp³-hybridized carbons (Fsp3) is 1.00. The Balaban J connectivity index is 0.0000000966. The molecule has 0 radical (unpaired) electrons. The van der Waals surface area contributed by atoms with E-state index in [0.717, 1.165) is 63.6 Å². The predicted octanol–water partition coefficient (Wildman–Crippen LogP) is 32.3. The van der Waals surface area contributed by atoms with Crippen molar-refractivity contribution < 1.29 is 0 Å². The molecule has 0 aromatic heterocycles. The summed E-state index contributed by atoms with van der Waals surface area (Å²) in [7, 11) is 0. The van der Waals surface area contributed by atoms with Crippen molar-refractivity contribution >= 4 is 0 Å². The largest absolute Gasteiger partial charge is 0.0533 e. The Labute approximate surface area is 613 Å². The van der Waals surface area contributed by atoms with E-state index in [2.05, 4.69) is 0 Å². The third-order valence-electron chi connectivity index (χ3n) is 35.1. The normalized spacial score (nSPS) is 41.6. The summed E-state index contributed by atoms with van der Waals surface area (Å²) < 4.78 is 0. The summed E-state index contributed by atoms with van der Waals surface area (Å²) in [5.74, 6) is 21.0. The summed E-state index contributed by atoms with van der Waals surface area (Å²) in [5, 5.41) is 0. The van der Waals surface area contributed by atoms with E-state index in [4.69, 9.17) is 0 Å². The predicted molar refractivity (Wildman–Crippen MR) is 426 cm³/mol. The summed E-state index contributed by atoms with van der Waals surface area (Å²) in [5.41, 5.74) is 2.66. The standard InChI is InChI=1S/C11H20.2C10H18.2C9H16.3C8H14.2C7H12.C6H10.C5H8/c1-3-7-11(8-4-1)9-5-2-6-10-11;1-2-5-10-7-3-6-9(4-1)8-10;1-2-6-10(7-3-1)8-4-5-9-10;1-3-8-5-2-6-9(4-1)7-8;1-2-4-9-6-5-8(3-1)7-9;1-2-7-4-5-8(3-1)6-7;1-2-4-8-5-7(3-1)6-8;1-2-4-8(5-3-1)6-7-8;1-2-7-4-3-6(1)5-7;1-2-6-4-7(3-1)5-6;1-2-6-3-5(1)4-6;1-4-2-5(1)3-4/h1-10H2;9-10H,1-8H2;1-9H2;2*8-9H,1-7H2;2*7-8H,1-6H2;1-7H2;2*6-7H,1-5H2;5-6H,1-4H2;4-5H,1-3H2. The highest BCUT2D eigenvalue weighted by molar-refractivity contribution is 4.95. The van der Waals surface area contributed by atoms with E-state index in [-0.39, 0.29) is 0 Å². The first-order valence-electron chi connectivity index (χ1n) is 48.3. The molecular weight excluding hydrogens is 1180 g/mol. The van der Waals surface area contributed by atoms with Crippen molar-refractivity contribution in [3.05, 3.63) is 0 Å². The van der Waals surface area contributed by atoms with Gasteiger partial charge in [0, 0.05) is 0 Å². The van der Waals surface area contributed by atoms with E-state index < -0.39 is 0 Å². The van der Waals surface area contributed by atoms with Gasteiger partial charge in [-0.3, -0.25) is 0 Å². The van der Waals surface area contributed by atoms with E-state index >= 15 is 0 Å². The van der Waals surface area contributed by atoms with Gasteiger partial charge in [-0.25, -0.2) is 0 Å². The Morgan fingerprint density at radius 3 is 0.388 bits per heavy atom. The summed E-state index contributed by atoms with van der Waals surface area (Å²) in [6.07, 6.45) is 120. The molecule has 0 aromatic carbocycles. The quantitative estimate of drug-likeness (QED) is 0.227. The molecular formula is C98H172. The van der Waals surface area contributed by atoms with E-state index in [0.29, 0.717) is 0 Å². The Bertz CT molecular complexity index is 1920. The minimum Gasteiger partial charge on any atom is -0.0533 e. The molecule has 6 atom stereocenters. The van der Waals surface area contributed by atoms with E-state index in [1.165, 1.54) is 220 Å². The SMILES string of the molecule is C1C2CC1C2.C1CC2CC(C1)C2.C1CC2CC1C2.C1CC2CCC(C1)C2.C1CC2CCC1C2.C1CC2CCCC(C1)C2.C1CCC2(CC1)CC2.C1CCC2(CC1)CCCC2.C1CCC2(CC1)CCCCC2.C1CCC2CC(C1)C2.C1CCC2CCC(C1)C2.C1CCC2CCCC(C1)C2. The van der Waals surface area contributed by atoms with Crippen LogP contribution in [0.3, 0.4) is 0 Å². The lowest BCUT2D eigenvalue weighted by atomic mass is 9.56. The molecule has 3 spiro atoms. The Morgan fingerprint density at radius 1 is 0.0918 bits per heavy atom. The highest BCUT2D eigenvalue weighted by atomic mass is 14.5. The van der Waals surface area contributed by atoms with Gasteiger partial charge in [0.2, 0.25) is 0 Å². The Hall–Kier alpha value is 0. The van der Waals surface area contributed by atoms with Gasteiger partial charge in [-0.2, -0.15) is 0 Å². The lowest BCUT2D eigenvalue weighted by Crippen LogP contribution is -2.38. The summed E-state index contributed by atoms with van der Waals surface area (Å²) >= 11 is 0. The van der Waals surface area contributed by atoms with Crippen molar-refractivity contribution in [1.82, 2.24) is 0 Å². The van der Waals surface area contributed by atoms with Gasteiger partial charge in [-0.1, -0.05) is 327 Å². The lowest BCUT2D eigenvalue weighted by molar-refractivity contribution is 0.0198. The van der Waals surface area contributed by atoms with Gasteiger partial charge >= 0.3 is 0 Å². The van der Waals surface area contributed by atoms with Crippen LogP contribution < -0.4 is 0 Å². The number of fused-ring (bicyclic) bond motifs is 16. The minimum absolute atomic E-state index is 0.858. The average molecular weight is 1350 g/mol. The maximum absolute atomic E-state index is 1.58. The van der Waals surface area contributed by atoms with Crippen LogP contribution in [0.5, 0.6) is 0 Å². The van der Waals surface area contributed by atoms with Gasteiger partial charge < -0.3 is 0 Å². The van der Waals surface area contributed by atoms with Crippen LogP contribution in [0.25, 0.3) is 0 Å². The molecule has 28 aliphatic carbocycles.